The molecule has 0 unspecified atom stereocenters. The Kier molecular flexibility index (Phi) is 3.94. The third kappa shape index (κ3) is 2.43. The van der Waals surface area contributed by atoms with Crippen LogP contribution in [0, 0.1) is 0 Å². The van der Waals surface area contributed by atoms with Crippen molar-refractivity contribution < 1.29 is 5.11 Å². The molecule has 2 aromatic rings. The van der Waals surface area contributed by atoms with Crippen molar-refractivity contribution in [2.45, 2.75) is 11.4 Å². The molecule has 4 N–H and O–H groups in total. The molecule has 2 aromatic heterocycles. The second-order valence-corrected chi connectivity index (χ2v) is 5.04. The van der Waals surface area contributed by atoms with E-state index in [0.29, 0.717) is 5.95 Å². The SMILES string of the molecule is NNc1nc(SCCCO)c2ccsc2n1. The molecule has 5 nitrogen and oxygen atoms in total. The van der Waals surface area contributed by atoms with E-state index < -0.39 is 0 Å². The van der Waals surface area contributed by atoms with Crippen LogP contribution in [-0.4, -0.2) is 27.4 Å². The van der Waals surface area contributed by atoms with E-state index in [1.807, 2.05) is 11.4 Å². The summed E-state index contributed by atoms with van der Waals surface area (Å²) >= 11 is 3.17. The van der Waals surface area contributed by atoms with Crippen LogP contribution in [0.5, 0.6) is 0 Å². The van der Waals surface area contributed by atoms with Gasteiger partial charge in [-0.15, -0.1) is 23.1 Å². The molecule has 16 heavy (non-hydrogen) atoms. The number of nitrogens with zero attached hydrogens (tertiary/aromatic N) is 2. The number of rotatable bonds is 5. The molecule has 0 amide bonds. The fraction of sp³-hybridized carbons (Fsp3) is 0.333. The van der Waals surface area contributed by atoms with Crippen molar-refractivity contribution in [1.29, 1.82) is 0 Å². The summed E-state index contributed by atoms with van der Waals surface area (Å²) in [5, 5.41) is 12.7. The normalized spacial score (nSPS) is 10.9. The van der Waals surface area contributed by atoms with Crippen molar-refractivity contribution in [3.63, 3.8) is 0 Å². The lowest BCUT2D eigenvalue weighted by Crippen LogP contribution is -2.10. The first kappa shape index (κ1) is 11.6. The monoisotopic (exact) mass is 256 g/mol. The van der Waals surface area contributed by atoms with E-state index in [4.69, 9.17) is 10.9 Å². The van der Waals surface area contributed by atoms with Gasteiger partial charge in [0.25, 0.3) is 0 Å². The summed E-state index contributed by atoms with van der Waals surface area (Å²) in [5.41, 5.74) is 2.46. The van der Waals surface area contributed by atoms with E-state index in [9.17, 15) is 0 Å². The third-order valence-corrected chi connectivity index (χ3v) is 3.84. The van der Waals surface area contributed by atoms with Gasteiger partial charge < -0.3 is 5.11 Å². The summed E-state index contributed by atoms with van der Waals surface area (Å²) in [6.45, 7) is 0.201. The van der Waals surface area contributed by atoms with Crippen molar-refractivity contribution >= 4 is 39.3 Å². The molecule has 0 atom stereocenters. The van der Waals surface area contributed by atoms with Gasteiger partial charge in [0.2, 0.25) is 5.95 Å². The number of aliphatic hydroxyl groups is 1. The number of hydrogen-bond donors (Lipinski definition) is 3. The summed E-state index contributed by atoms with van der Waals surface area (Å²) in [6.07, 6.45) is 0.756. The average Bonchev–Trinajstić information content (AvgIpc) is 2.77. The lowest BCUT2D eigenvalue weighted by molar-refractivity contribution is 0.296. The fourth-order valence-electron chi connectivity index (χ4n) is 1.24. The predicted octanol–water partition coefficient (Wildman–Crippen LogP) is 1.45. The molecule has 7 heteroatoms. The minimum absolute atomic E-state index is 0.201. The van der Waals surface area contributed by atoms with Crippen LogP contribution in [0.1, 0.15) is 6.42 Å². The minimum Gasteiger partial charge on any atom is -0.396 e. The van der Waals surface area contributed by atoms with Crippen molar-refractivity contribution in [3.05, 3.63) is 11.4 Å². The Bertz CT molecular complexity index is 473. The topological polar surface area (TPSA) is 84.1 Å². The molecule has 0 bridgehead atoms. The van der Waals surface area contributed by atoms with Gasteiger partial charge in [0.05, 0.1) is 0 Å². The highest BCUT2D eigenvalue weighted by Crippen LogP contribution is 2.29. The van der Waals surface area contributed by atoms with E-state index in [1.165, 1.54) is 0 Å². The van der Waals surface area contributed by atoms with Crippen LogP contribution < -0.4 is 11.3 Å². The number of aliphatic hydroxyl groups excluding tert-OH is 1. The zero-order valence-corrected chi connectivity index (χ0v) is 10.1. The Hall–Kier alpha value is -0.890. The van der Waals surface area contributed by atoms with Gasteiger partial charge in [-0.1, -0.05) is 0 Å². The molecule has 86 valence electrons. The van der Waals surface area contributed by atoms with Crippen molar-refractivity contribution in [2.24, 2.45) is 5.84 Å². The van der Waals surface area contributed by atoms with Crippen LogP contribution in [0.25, 0.3) is 10.2 Å². The average molecular weight is 256 g/mol. The van der Waals surface area contributed by atoms with E-state index >= 15 is 0 Å². The second-order valence-electron chi connectivity index (χ2n) is 3.06. The molecule has 0 fully saturated rings. The summed E-state index contributed by atoms with van der Waals surface area (Å²) in [4.78, 5) is 9.48. The highest BCUT2D eigenvalue weighted by atomic mass is 32.2. The number of nitrogen functional groups attached to an aromatic ring is 1. The van der Waals surface area contributed by atoms with Gasteiger partial charge in [0.15, 0.2) is 0 Å². The molecule has 0 saturated carbocycles. The number of aromatic nitrogens is 2. The highest BCUT2D eigenvalue weighted by molar-refractivity contribution is 7.99. The van der Waals surface area contributed by atoms with Crippen molar-refractivity contribution in [1.82, 2.24) is 9.97 Å². The number of nitrogens with two attached hydrogens (primary N) is 1. The van der Waals surface area contributed by atoms with Gasteiger partial charge in [-0.05, 0) is 17.9 Å². The fourth-order valence-corrected chi connectivity index (χ4v) is 3.00. The van der Waals surface area contributed by atoms with Crippen molar-refractivity contribution in [2.75, 3.05) is 17.8 Å². The minimum atomic E-state index is 0.201. The predicted molar refractivity (Wildman–Crippen MR) is 67.7 cm³/mol. The zero-order valence-electron chi connectivity index (χ0n) is 8.51. The van der Waals surface area contributed by atoms with Crippen LogP contribution in [0.2, 0.25) is 0 Å². The first-order chi connectivity index (χ1) is 7.85. The Labute approximate surface area is 101 Å². The number of thioether (sulfide) groups is 1. The molecule has 2 heterocycles. The van der Waals surface area contributed by atoms with Gasteiger partial charge in [-0.3, -0.25) is 5.43 Å². The molecule has 0 aromatic carbocycles. The lowest BCUT2D eigenvalue weighted by Gasteiger charge is -2.04. The van der Waals surface area contributed by atoms with Crippen LogP contribution in [0.3, 0.4) is 0 Å². The number of hydrogen-bond acceptors (Lipinski definition) is 7. The Morgan fingerprint density at radius 3 is 3.12 bits per heavy atom. The van der Waals surface area contributed by atoms with Crippen molar-refractivity contribution in [3.8, 4) is 0 Å². The van der Waals surface area contributed by atoms with E-state index in [1.54, 1.807) is 23.1 Å². The summed E-state index contributed by atoms with van der Waals surface area (Å²) in [5.74, 6) is 6.58. The summed E-state index contributed by atoms with van der Waals surface area (Å²) < 4.78 is 0. The van der Waals surface area contributed by atoms with Gasteiger partial charge in [0, 0.05) is 17.7 Å². The van der Waals surface area contributed by atoms with Gasteiger partial charge in [0.1, 0.15) is 9.86 Å². The Morgan fingerprint density at radius 1 is 1.50 bits per heavy atom. The summed E-state index contributed by atoms with van der Waals surface area (Å²) in [7, 11) is 0. The maximum absolute atomic E-state index is 8.74. The molecule has 0 spiro atoms. The van der Waals surface area contributed by atoms with Crippen LogP contribution in [0.4, 0.5) is 5.95 Å². The number of fused-ring (bicyclic) bond motifs is 1. The molecule has 0 radical (unpaired) electrons. The lowest BCUT2D eigenvalue weighted by atomic mass is 10.4. The quantitative estimate of drug-likeness (QED) is 0.247. The first-order valence-corrected chi connectivity index (χ1v) is 6.67. The van der Waals surface area contributed by atoms with E-state index in [0.717, 1.165) is 27.4 Å². The van der Waals surface area contributed by atoms with Crippen LogP contribution in [-0.2, 0) is 0 Å². The number of anilines is 1. The Balaban J connectivity index is 2.29. The van der Waals surface area contributed by atoms with Gasteiger partial charge in [-0.2, -0.15) is 0 Å². The standard InChI is InChI=1S/C9H12N4OS2/c10-13-9-11-7(15-4-1-3-14)6-2-5-16-8(6)12-9/h2,5,14H,1,3-4,10H2,(H,11,12,13). The third-order valence-electron chi connectivity index (χ3n) is 1.96. The molecule has 2 rings (SSSR count). The number of hydrazine groups is 1. The van der Waals surface area contributed by atoms with Crippen LogP contribution in [0.15, 0.2) is 16.5 Å². The zero-order chi connectivity index (χ0) is 11.4. The second kappa shape index (κ2) is 5.44. The first-order valence-electron chi connectivity index (χ1n) is 4.80. The molecular formula is C9H12N4OS2. The molecule has 0 aliphatic carbocycles. The number of thiophene rings is 1. The highest BCUT2D eigenvalue weighted by Gasteiger charge is 2.08. The smallest absolute Gasteiger partial charge is 0.239 e. The number of nitrogens with one attached hydrogen (secondary N) is 1. The summed E-state index contributed by atoms with van der Waals surface area (Å²) in [6, 6.07) is 2.00. The van der Waals surface area contributed by atoms with Crippen LogP contribution >= 0.6 is 23.1 Å². The molecular weight excluding hydrogens is 244 g/mol. The molecule has 0 saturated heterocycles. The van der Waals surface area contributed by atoms with E-state index in [-0.39, 0.29) is 6.61 Å². The van der Waals surface area contributed by atoms with E-state index in [2.05, 4.69) is 15.4 Å². The Morgan fingerprint density at radius 2 is 2.38 bits per heavy atom. The molecule has 0 aliphatic rings. The maximum Gasteiger partial charge on any atom is 0.239 e. The van der Waals surface area contributed by atoms with Gasteiger partial charge in [-0.25, -0.2) is 15.8 Å². The van der Waals surface area contributed by atoms with Gasteiger partial charge >= 0.3 is 0 Å². The molecule has 0 aliphatic heterocycles. The largest absolute Gasteiger partial charge is 0.396 e. The maximum atomic E-state index is 8.74.